The number of hydrogen-bond donors (Lipinski definition) is 1. The number of likely N-dealkylation sites (tertiary alicyclic amines) is 1. The van der Waals surface area contributed by atoms with Crippen LogP contribution in [0.25, 0.3) is 10.8 Å². The number of carbonyl (C=O) groups excluding carboxylic acids is 3. The summed E-state index contributed by atoms with van der Waals surface area (Å²) in [4.78, 5) is 43.3. The van der Waals surface area contributed by atoms with E-state index in [1.807, 2.05) is 73.7 Å². The molecule has 0 unspecified atom stereocenters. The Morgan fingerprint density at radius 1 is 1.04 bits per heavy atom. The maximum Gasteiger partial charge on any atom is 0.320 e. The minimum atomic E-state index is -1.28. The van der Waals surface area contributed by atoms with E-state index in [2.05, 4.69) is 26.1 Å². The molecule has 0 aromatic heterocycles. The van der Waals surface area contributed by atoms with Gasteiger partial charge in [0.05, 0.1) is 25.9 Å². The van der Waals surface area contributed by atoms with Crippen molar-refractivity contribution >= 4 is 28.6 Å². The third kappa shape index (κ3) is 5.65. The summed E-state index contributed by atoms with van der Waals surface area (Å²) in [7, 11) is 1.35. The van der Waals surface area contributed by atoms with E-state index >= 15 is 0 Å². The first-order valence-corrected chi connectivity index (χ1v) is 15.4. The lowest BCUT2D eigenvalue weighted by Crippen LogP contribution is -2.60. The van der Waals surface area contributed by atoms with Crippen LogP contribution in [0.3, 0.4) is 0 Å². The number of esters is 1. The molecule has 45 heavy (non-hydrogen) atoms. The van der Waals surface area contributed by atoms with Crippen molar-refractivity contribution in [3.63, 3.8) is 0 Å². The molecule has 0 radical (unpaired) electrons. The Morgan fingerprint density at radius 2 is 1.80 bits per heavy atom. The maximum absolute atomic E-state index is 14.4. The summed E-state index contributed by atoms with van der Waals surface area (Å²) in [6.45, 7) is 8.66. The minimum absolute atomic E-state index is 0.0807. The zero-order valence-electron chi connectivity index (χ0n) is 26.4. The molecule has 1 fully saturated rings. The van der Waals surface area contributed by atoms with E-state index in [0.29, 0.717) is 23.7 Å². The van der Waals surface area contributed by atoms with Crippen molar-refractivity contribution in [3.8, 4) is 11.5 Å². The van der Waals surface area contributed by atoms with Gasteiger partial charge in [-0.3, -0.25) is 14.4 Å². The van der Waals surface area contributed by atoms with Crippen LogP contribution in [-0.4, -0.2) is 48.8 Å². The summed E-state index contributed by atoms with van der Waals surface area (Å²) in [6.07, 6.45) is 0.957. The highest BCUT2D eigenvalue weighted by atomic mass is 16.7. The predicted octanol–water partition coefficient (Wildman–Crippen LogP) is 5.50. The van der Waals surface area contributed by atoms with Gasteiger partial charge in [-0.1, -0.05) is 69.3 Å². The maximum atomic E-state index is 14.4. The highest BCUT2D eigenvalue weighted by Crippen LogP contribution is 2.52. The number of piperidine rings is 1. The fourth-order valence-electron chi connectivity index (χ4n) is 6.76. The fraction of sp³-hybridized carbons (Fsp3) is 0.417. The molecule has 1 N–H and O–H groups in total. The molecule has 0 aliphatic carbocycles. The van der Waals surface area contributed by atoms with Crippen molar-refractivity contribution in [2.75, 3.05) is 13.9 Å². The Labute approximate surface area is 263 Å². The molecule has 3 aliphatic heterocycles. The second-order valence-corrected chi connectivity index (χ2v) is 13.2. The summed E-state index contributed by atoms with van der Waals surface area (Å²) in [5.41, 5.74) is 0.777. The molecule has 9 heteroatoms. The highest BCUT2D eigenvalue weighted by Gasteiger charge is 2.60. The standard InChI is InChI=1S/C36H40N2O7/c1-22-36(34(41)42-5)18-26(16-32(39)37-19-25-11-8-10-24-9-6-7-12-27(24)25)33(40)38(30(36)17-31(45-22)35(2,3)4)20-23-13-14-28-29(15-23)44-21-43-28/h6-15,17,22,26,31H,16,18-21H2,1-5H3,(H,37,39)/t22-,26+,31-,36+/m1/s1. The second kappa shape index (κ2) is 11.9. The Hall–Kier alpha value is -4.37. The van der Waals surface area contributed by atoms with Gasteiger partial charge >= 0.3 is 5.97 Å². The molecule has 3 aliphatic rings. The van der Waals surface area contributed by atoms with Crippen LogP contribution >= 0.6 is 0 Å². The molecule has 0 saturated carbocycles. The van der Waals surface area contributed by atoms with E-state index in [0.717, 1.165) is 21.9 Å². The molecule has 2 amide bonds. The number of methoxy groups -OCH3 is 1. The number of nitrogens with zero attached hydrogens (tertiary/aromatic N) is 1. The first kappa shape index (κ1) is 30.6. The molecular weight excluding hydrogens is 572 g/mol. The van der Waals surface area contributed by atoms with Crippen molar-refractivity contribution < 1.29 is 33.3 Å². The zero-order valence-corrected chi connectivity index (χ0v) is 26.4. The van der Waals surface area contributed by atoms with E-state index in [-0.39, 0.29) is 49.5 Å². The third-order valence-corrected chi connectivity index (χ3v) is 9.25. The topological polar surface area (TPSA) is 103 Å². The first-order chi connectivity index (χ1) is 21.5. The number of fused-ring (bicyclic) bond motifs is 3. The van der Waals surface area contributed by atoms with Gasteiger partial charge in [0, 0.05) is 24.6 Å². The smallest absolute Gasteiger partial charge is 0.320 e. The van der Waals surface area contributed by atoms with Gasteiger partial charge in [-0.25, -0.2) is 0 Å². The molecule has 4 atom stereocenters. The number of nitrogens with one attached hydrogen (secondary N) is 1. The molecule has 3 aromatic rings. The Morgan fingerprint density at radius 3 is 2.58 bits per heavy atom. The van der Waals surface area contributed by atoms with Gasteiger partial charge in [-0.05, 0) is 58.9 Å². The fourth-order valence-corrected chi connectivity index (χ4v) is 6.76. The highest BCUT2D eigenvalue weighted by molar-refractivity contribution is 5.93. The van der Waals surface area contributed by atoms with E-state index in [9.17, 15) is 14.4 Å². The Balaban J connectivity index is 1.33. The summed E-state index contributed by atoms with van der Waals surface area (Å²) in [5, 5.41) is 5.16. The average Bonchev–Trinajstić information content (AvgIpc) is 3.49. The van der Waals surface area contributed by atoms with Gasteiger partial charge in [0.25, 0.3) is 0 Å². The van der Waals surface area contributed by atoms with E-state index in [1.165, 1.54) is 7.11 Å². The SMILES string of the molecule is COC(=O)[C@]12C[C@H](CC(=O)NCc3cccc4ccccc34)C(=O)N(Cc3ccc4c(c3)OCO4)C1=C[C@H](C(C)(C)C)O[C@@H]2C. The zero-order chi connectivity index (χ0) is 31.9. The second-order valence-electron chi connectivity index (χ2n) is 13.2. The minimum Gasteiger partial charge on any atom is -0.468 e. The number of benzene rings is 3. The van der Waals surface area contributed by atoms with Gasteiger partial charge in [-0.2, -0.15) is 0 Å². The molecule has 6 rings (SSSR count). The number of hydrogen-bond acceptors (Lipinski definition) is 7. The van der Waals surface area contributed by atoms with Crippen LogP contribution in [0.5, 0.6) is 11.5 Å². The summed E-state index contributed by atoms with van der Waals surface area (Å²) >= 11 is 0. The van der Waals surface area contributed by atoms with Crippen molar-refractivity contribution in [3.05, 3.63) is 83.6 Å². The van der Waals surface area contributed by atoms with Gasteiger partial charge in [0.2, 0.25) is 18.6 Å². The average molecular weight is 613 g/mol. The molecular formula is C36H40N2O7. The van der Waals surface area contributed by atoms with Gasteiger partial charge in [-0.15, -0.1) is 0 Å². The number of rotatable bonds is 7. The van der Waals surface area contributed by atoms with E-state index in [4.69, 9.17) is 18.9 Å². The molecule has 9 nitrogen and oxygen atoms in total. The molecule has 236 valence electrons. The van der Waals surface area contributed by atoms with Crippen LogP contribution in [0, 0.1) is 16.7 Å². The van der Waals surface area contributed by atoms with Crippen molar-refractivity contribution in [2.45, 2.75) is 65.8 Å². The molecule has 3 aromatic carbocycles. The summed E-state index contributed by atoms with van der Waals surface area (Å²) in [5.74, 6) is -0.519. The van der Waals surface area contributed by atoms with Crippen LogP contribution in [0.4, 0.5) is 0 Å². The molecule has 0 spiro atoms. The van der Waals surface area contributed by atoms with Crippen molar-refractivity contribution in [2.24, 2.45) is 16.7 Å². The lowest BCUT2D eigenvalue weighted by atomic mass is 9.65. The summed E-state index contributed by atoms with van der Waals surface area (Å²) < 4.78 is 23.0. The predicted molar refractivity (Wildman–Crippen MR) is 168 cm³/mol. The van der Waals surface area contributed by atoms with Crippen LogP contribution < -0.4 is 14.8 Å². The van der Waals surface area contributed by atoms with E-state index in [1.54, 1.807) is 4.90 Å². The van der Waals surface area contributed by atoms with Crippen molar-refractivity contribution in [1.82, 2.24) is 10.2 Å². The van der Waals surface area contributed by atoms with Gasteiger partial charge in [0.1, 0.15) is 5.41 Å². The Kier molecular flexibility index (Phi) is 8.07. The number of ether oxygens (including phenoxy) is 4. The lowest BCUT2D eigenvalue weighted by Gasteiger charge is -2.53. The van der Waals surface area contributed by atoms with Crippen LogP contribution in [0.15, 0.2) is 72.4 Å². The molecule has 0 bridgehead atoms. The summed E-state index contributed by atoms with van der Waals surface area (Å²) in [6, 6.07) is 19.5. The number of amides is 2. The first-order valence-electron chi connectivity index (χ1n) is 15.4. The van der Waals surface area contributed by atoms with Crippen molar-refractivity contribution in [1.29, 1.82) is 0 Å². The van der Waals surface area contributed by atoms with E-state index < -0.39 is 23.4 Å². The van der Waals surface area contributed by atoms with Gasteiger partial charge < -0.3 is 29.2 Å². The number of carbonyl (C=O) groups is 3. The van der Waals surface area contributed by atoms with Crippen LogP contribution in [0.2, 0.25) is 0 Å². The van der Waals surface area contributed by atoms with Crippen LogP contribution in [-0.2, 0) is 36.9 Å². The normalized spacial score (nSPS) is 24.2. The quantitative estimate of drug-likeness (QED) is 0.352. The van der Waals surface area contributed by atoms with Gasteiger partial charge in [0.15, 0.2) is 11.5 Å². The van der Waals surface area contributed by atoms with Crippen LogP contribution in [0.1, 0.15) is 51.7 Å². The largest absolute Gasteiger partial charge is 0.468 e. The Bertz CT molecular complexity index is 1670. The monoisotopic (exact) mass is 612 g/mol. The third-order valence-electron chi connectivity index (χ3n) is 9.25. The lowest BCUT2D eigenvalue weighted by molar-refractivity contribution is -0.180. The molecule has 1 saturated heterocycles. The molecule has 3 heterocycles.